The molecule has 1 aliphatic heterocycles. The molecule has 2 fully saturated rings. The van der Waals surface area contributed by atoms with Crippen LogP contribution in [0.25, 0.3) is 22.0 Å². The van der Waals surface area contributed by atoms with Crippen molar-refractivity contribution in [1.82, 2.24) is 9.88 Å². The highest BCUT2D eigenvalue weighted by Crippen LogP contribution is 2.34. The number of pyridine rings is 1. The zero-order valence-electron chi connectivity index (χ0n) is 17.1. The Bertz CT molecular complexity index is 1040. The number of hydrogen-bond acceptors (Lipinski definition) is 4. The third-order valence-electron chi connectivity index (χ3n) is 6.74. The lowest BCUT2D eigenvalue weighted by Crippen LogP contribution is -2.38. The largest absolute Gasteiger partial charge is 0.506 e. The summed E-state index contributed by atoms with van der Waals surface area (Å²) < 4.78 is 0. The van der Waals surface area contributed by atoms with Gasteiger partial charge in [-0.15, -0.1) is 0 Å². The van der Waals surface area contributed by atoms with E-state index in [1.165, 1.54) is 51.6 Å². The molecule has 0 spiro atoms. The number of aromatic hydroxyl groups is 1. The van der Waals surface area contributed by atoms with Crippen molar-refractivity contribution >= 4 is 28.2 Å². The van der Waals surface area contributed by atoms with Gasteiger partial charge in [0.1, 0.15) is 5.75 Å². The molecule has 2 N–H and O–H groups in total. The Balaban J connectivity index is 1.36. The first-order chi connectivity index (χ1) is 14.7. The molecule has 2 aromatic carbocycles. The monoisotopic (exact) mass is 421 g/mol. The summed E-state index contributed by atoms with van der Waals surface area (Å²) >= 11 is 6.12. The smallest absolute Gasteiger partial charge is 0.134 e. The van der Waals surface area contributed by atoms with Gasteiger partial charge in [0.15, 0.2) is 0 Å². The van der Waals surface area contributed by atoms with Crippen molar-refractivity contribution in [3.8, 4) is 16.9 Å². The van der Waals surface area contributed by atoms with E-state index < -0.39 is 0 Å². The van der Waals surface area contributed by atoms with Gasteiger partial charge in [-0.25, -0.2) is 0 Å². The van der Waals surface area contributed by atoms with Gasteiger partial charge in [0.25, 0.3) is 0 Å². The molecule has 1 saturated carbocycles. The van der Waals surface area contributed by atoms with Crippen LogP contribution in [0.2, 0.25) is 5.02 Å². The highest BCUT2D eigenvalue weighted by Gasteiger charge is 2.27. The second kappa shape index (κ2) is 8.44. The van der Waals surface area contributed by atoms with Crippen LogP contribution in [-0.2, 0) is 0 Å². The minimum Gasteiger partial charge on any atom is -0.506 e. The third-order valence-corrected chi connectivity index (χ3v) is 7.04. The van der Waals surface area contributed by atoms with Gasteiger partial charge in [0, 0.05) is 29.4 Å². The minimum atomic E-state index is 0.106. The Labute approximate surface area is 182 Å². The number of fused-ring (bicyclic) bond motifs is 1. The van der Waals surface area contributed by atoms with Crippen LogP contribution in [0.5, 0.6) is 5.75 Å². The molecule has 0 unspecified atom stereocenters. The molecule has 0 bridgehead atoms. The number of hydrogen-bond donors (Lipinski definition) is 2. The molecule has 1 saturated heterocycles. The molecule has 0 atom stereocenters. The average molecular weight is 422 g/mol. The highest BCUT2D eigenvalue weighted by atomic mass is 35.5. The van der Waals surface area contributed by atoms with Crippen LogP contribution in [-0.4, -0.2) is 40.2 Å². The van der Waals surface area contributed by atoms with Crippen LogP contribution >= 0.6 is 11.6 Å². The Morgan fingerprint density at radius 2 is 1.67 bits per heavy atom. The Hall–Kier alpha value is -2.30. The molecule has 5 heteroatoms. The molecule has 2 aliphatic rings. The predicted molar refractivity (Wildman–Crippen MR) is 124 cm³/mol. The molecule has 4 nitrogen and oxygen atoms in total. The number of nitrogens with one attached hydrogen (secondary N) is 1. The maximum absolute atomic E-state index is 9.72. The summed E-state index contributed by atoms with van der Waals surface area (Å²) in [5, 5.41) is 15.0. The number of aromatic nitrogens is 1. The number of halogens is 1. The quantitative estimate of drug-likeness (QED) is 0.536. The molecule has 0 amide bonds. The van der Waals surface area contributed by atoms with Crippen molar-refractivity contribution in [2.75, 3.05) is 18.4 Å². The van der Waals surface area contributed by atoms with Crippen molar-refractivity contribution in [3.63, 3.8) is 0 Å². The summed E-state index contributed by atoms with van der Waals surface area (Å²) in [6, 6.07) is 15.0. The van der Waals surface area contributed by atoms with Crippen molar-refractivity contribution < 1.29 is 5.11 Å². The van der Waals surface area contributed by atoms with Gasteiger partial charge in [-0.05, 0) is 93.1 Å². The standard InChI is InChI=1S/C25H28ClN3O/c26-22-16-18(4-10-25(22)30)17-3-9-23-21(15-17)24(11-12-27-23)28-19-5-7-20(8-6-19)29-13-1-2-14-29/h3-4,9-12,15-16,19-20,30H,1-2,5-8,13-14H2,(H,27,28). The summed E-state index contributed by atoms with van der Waals surface area (Å²) in [5.41, 5.74) is 4.19. The number of likely N-dealkylation sites (tertiary alicyclic amines) is 1. The van der Waals surface area contributed by atoms with Gasteiger partial charge >= 0.3 is 0 Å². The van der Waals surface area contributed by atoms with Gasteiger partial charge < -0.3 is 15.3 Å². The molecular formula is C25H28ClN3O. The second-order valence-corrected chi connectivity index (χ2v) is 9.06. The van der Waals surface area contributed by atoms with Gasteiger partial charge in [-0.2, -0.15) is 0 Å². The van der Waals surface area contributed by atoms with E-state index in [2.05, 4.69) is 39.5 Å². The van der Waals surface area contributed by atoms with E-state index in [0.717, 1.165) is 33.8 Å². The second-order valence-electron chi connectivity index (χ2n) is 8.65. The molecule has 1 aromatic heterocycles. The fourth-order valence-electron chi connectivity index (χ4n) is 5.05. The molecule has 3 aromatic rings. The number of anilines is 1. The summed E-state index contributed by atoms with van der Waals surface area (Å²) in [5.74, 6) is 0.106. The normalized spacial score (nSPS) is 22.4. The van der Waals surface area contributed by atoms with Crippen LogP contribution in [0.1, 0.15) is 38.5 Å². The van der Waals surface area contributed by atoms with Crippen LogP contribution in [0.3, 0.4) is 0 Å². The maximum atomic E-state index is 9.72. The SMILES string of the molecule is Oc1ccc(-c2ccc3nccc(NC4CCC(N5CCCC5)CC4)c3c2)cc1Cl. The topological polar surface area (TPSA) is 48.4 Å². The lowest BCUT2D eigenvalue weighted by atomic mass is 9.90. The van der Waals surface area contributed by atoms with Gasteiger partial charge in [0.2, 0.25) is 0 Å². The first-order valence-corrected chi connectivity index (χ1v) is 11.4. The van der Waals surface area contributed by atoms with Gasteiger partial charge in [-0.3, -0.25) is 4.98 Å². The van der Waals surface area contributed by atoms with E-state index in [-0.39, 0.29) is 5.75 Å². The summed E-state index contributed by atoms with van der Waals surface area (Å²) in [6.45, 7) is 2.59. The number of rotatable bonds is 4. The summed E-state index contributed by atoms with van der Waals surface area (Å²) in [4.78, 5) is 7.25. The van der Waals surface area contributed by atoms with E-state index in [9.17, 15) is 5.11 Å². The summed E-state index contributed by atoms with van der Waals surface area (Å²) in [6.07, 6.45) is 9.65. The van der Waals surface area contributed by atoms with Crippen LogP contribution < -0.4 is 5.32 Å². The van der Waals surface area contributed by atoms with Crippen molar-refractivity contribution in [2.24, 2.45) is 0 Å². The predicted octanol–water partition coefficient (Wildman–Crippen LogP) is 6.08. The zero-order chi connectivity index (χ0) is 20.5. The Kier molecular flexibility index (Phi) is 5.53. The number of phenols is 1. The maximum Gasteiger partial charge on any atom is 0.134 e. The van der Waals surface area contributed by atoms with Crippen molar-refractivity contribution in [2.45, 2.75) is 50.6 Å². The number of phenolic OH excluding ortho intramolecular Hbond substituents is 1. The Morgan fingerprint density at radius 3 is 2.43 bits per heavy atom. The van der Waals surface area contributed by atoms with Crippen molar-refractivity contribution in [1.29, 1.82) is 0 Å². The fraction of sp³-hybridized carbons (Fsp3) is 0.400. The number of nitrogens with zero attached hydrogens (tertiary/aromatic N) is 2. The van der Waals surface area contributed by atoms with Gasteiger partial charge in [0.05, 0.1) is 10.5 Å². The van der Waals surface area contributed by atoms with Crippen LogP contribution in [0, 0.1) is 0 Å². The molecular weight excluding hydrogens is 394 g/mol. The van der Waals surface area contributed by atoms with Crippen LogP contribution in [0.4, 0.5) is 5.69 Å². The molecule has 156 valence electrons. The average Bonchev–Trinajstić information content (AvgIpc) is 3.31. The highest BCUT2D eigenvalue weighted by molar-refractivity contribution is 6.32. The molecule has 0 radical (unpaired) electrons. The number of benzene rings is 2. The zero-order valence-corrected chi connectivity index (χ0v) is 17.9. The lowest BCUT2D eigenvalue weighted by Gasteiger charge is -2.35. The fourth-order valence-corrected chi connectivity index (χ4v) is 5.23. The molecule has 5 rings (SSSR count). The minimum absolute atomic E-state index is 0.106. The first kappa shape index (κ1) is 19.7. The molecule has 30 heavy (non-hydrogen) atoms. The van der Waals surface area contributed by atoms with Gasteiger partial charge in [-0.1, -0.05) is 23.7 Å². The molecule has 2 heterocycles. The van der Waals surface area contributed by atoms with Crippen LogP contribution in [0.15, 0.2) is 48.7 Å². The summed E-state index contributed by atoms with van der Waals surface area (Å²) in [7, 11) is 0. The van der Waals surface area contributed by atoms with Crippen molar-refractivity contribution in [3.05, 3.63) is 53.7 Å². The van der Waals surface area contributed by atoms with E-state index >= 15 is 0 Å². The molecule has 1 aliphatic carbocycles. The van der Waals surface area contributed by atoms with E-state index in [1.54, 1.807) is 12.1 Å². The van der Waals surface area contributed by atoms with E-state index in [1.807, 2.05) is 12.3 Å². The Morgan fingerprint density at radius 1 is 0.933 bits per heavy atom. The lowest BCUT2D eigenvalue weighted by molar-refractivity contribution is 0.186. The van der Waals surface area contributed by atoms with E-state index in [0.29, 0.717) is 11.1 Å². The van der Waals surface area contributed by atoms with E-state index in [4.69, 9.17) is 11.6 Å². The third kappa shape index (κ3) is 3.99. The first-order valence-electron chi connectivity index (χ1n) is 11.1.